The number of carbonyl (C=O) groups excluding carboxylic acids is 1. The van der Waals surface area contributed by atoms with Crippen molar-refractivity contribution in [2.45, 2.75) is 64.5 Å². The third kappa shape index (κ3) is 2.19. The first-order chi connectivity index (χ1) is 10.1. The van der Waals surface area contributed by atoms with Gasteiger partial charge in [-0.3, -0.25) is 9.59 Å². The largest absolute Gasteiger partial charge is 0.481 e. The zero-order chi connectivity index (χ0) is 16.3. The molecule has 4 heteroatoms. The summed E-state index contributed by atoms with van der Waals surface area (Å²) >= 11 is 0. The highest BCUT2D eigenvalue weighted by Gasteiger charge is 2.56. The van der Waals surface area contributed by atoms with Crippen LogP contribution in [0.2, 0.25) is 0 Å². The summed E-state index contributed by atoms with van der Waals surface area (Å²) < 4.78 is 0. The van der Waals surface area contributed by atoms with E-state index in [2.05, 4.69) is 33.8 Å². The molecule has 0 aromatic carbocycles. The summed E-state index contributed by atoms with van der Waals surface area (Å²) in [5.41, 5.74) is -0.402. The highest BCUT2D eigenvalue weighted by Crippen LogP contribution is 2.51. The van der Waals surface area contributed by atoms with Crippen LogP contribution in [0, 0.1) is 23.7 Å². The number of carboxylic acid groups (broad SMARTS) is 1. The molecule has 1 amide bonds. The van der Waals surface area contributed by atoms with E-state index in [1.807, 2.05) is 11.0 Å². The van der Waals surface area contributed by atoms with Gasteiger partial charge in [-0.2, -0.15) is 0 Å². The predicted molar refractivity (Wildman–Crippen MR) is 84.2 cm³/mol. The zero-order valence-electron chi connectivity index (χ0n) is 14.0. The minimum absolute atomic E-state index is 0.0347. The van der Waals surface area contributed by atoms with Gasteiger partial charge in [0.25, 0.3) is 0 Å². The highest BCUT2D eigenvalue weighted by atomic mass is 16.4. The van der Waals surface area contributed by atoms with Gasteiger partial charge in [-0.1, -0.05) is 12.2 Å². The summed E-state index contributed by atoms with van der Waals surface area (Å²) in [6.07, 6.45) is 7.97. The monoisotopic (exact) mass is 305 g/mol. The molecule has 4 atom stereocenters. The SMILES string of the molecule is CC1(C)CCCC(C)(C)N1C(=O)[C@@H]1[C@H](C(=O)O)[C@H]2C=C[C@H]1C2. The molecular formula is C18H27NO3. The van der Waals surface area contributed by atoms with Crippen LogP contribution < -0.4 is 0 Å². The van der Waals surface area contributed by atoms with Crippen LogP contribution in [0.5, 0.6) is 0 Å². The van der Waals surface area contributed by atoms with Crippen molar-refractivity contribution in [3.8, 4) is 0 Å². The molecule has 3 aliphatic rings. The highest BCUT2D eigenvalue weighted by molar-refractivity contribution is 5.88. The first-order valence-electron chi connectivity index (χ1n) is 8.40. The van der Waals surface area contributed by atoms with Gasteiger partial charge in [0.05, 0.1) is 11.8 Å². The minimum atomic E-state index is -0.817. The maximum absolute atomic E-state index is 13.4. The van der Waals surface area contributed by atoms with Crippen LogP contribution >= 0.6 is 0 Å². The zero-order valence-corrected chi connectivity index (χ0v) is 14.0. The summed E-state index contributed by atoms with van der Waals surface area (Å²) in [6, 6.07) is 0. The molecule has 0 unspecified atom stereocenters. The number of carbonyl (C=O) groups is 2. The molecule has 0 aromatic rings. The van der Waals surface area contributed by atoms with Crippen LogP contribution in [0.3, 0.4) is 0 Å². The number of piperidine rings is 1. The van der Waals surface area contributed by atoms with Crippen LogP contribution in [0.1, 0.15) is 53.4 Å². The molecule has 1 saturated carbocycles. The molecular weight excluding hydrogens is 278 g/mol. The van der Waals surface area contributed by atoms with Crippen molar-refractivity contribution in [3.05, 3.63) is 12.2 Å². The number of rotatable bonds is 2. The molecule has 2 aliphatic carbocycles. The number of amides is 1. The first kappa shape index (κ1) is 15.6. The fourth-order valence-corrected chi connectivity index (χ4v) is 5.24. The number of carboxylic acids is 1. The van der Waals surface area contributed by atoms with Gasteiger partial charge in [-0.05, 0) is 65.2 Å². The molecule has 0 aromatic heterocycles. The number of allylic oxidation sites excluding steroid dienone is 2. The standard InChI is InChI=1S/C18H27NO3/c1-17(2)8-5-9-18(3,4)19(17)15(20)13-11-6-7-12(10-11)14(13)16(21)22/h6-7,11-14H,5,8-10H2,1-4H3,(H,21,22)/t11-,12-,13-,14+/m0/s1. The molecule has 0 radical (unpaired) electrons. The van der Waals surface area contributed by atoms with Gasteiger partial charge in [0.15, 0.2) is 0 Å². The second kappa shape index (κ2) is 4.84. The Morgan fingerprint density at radius 1 is 1.00 bits per heavy atom. The van der Waals surface area contributed by atoms with Crippen LogP contribution in [-0.4, -0.2) is 33.0 Å². The molecule has 4 nitrogen and oxygen atoms in total. The lowest BCUT2D eigenvalue weighted by Gasteiger charge is -2.54. The van der Waals surface area contributed by atoms with E-state index in [0.29, 0.717) is 0 Å². The van der Waals surface area contributed by atoms with E-state index in [9.17, 15) is 14.7 Å². The summed E-state index contributed by atoms with van der Waals surface area (Å²) in [5, 5.41) is 9.61. The maximum Gasteiger partial charge on any atom is 0.307 e. The van der Waals surface area contributed by atoms with Gasteiger partial charge in [0, 0.05) is 11.1 Å². The fraction of sp³-hybridized carbons (Fsp3) is 0.778. The summed E-state index contributed by atoms with van der Waals surface area (Å²) in [5.74, 6) is -1.55. The molecule has 22 heavy (non-hydrogen) atoms. The van der Waals surface area contributed by atoms with Crippen LogP contribution in [0.15, 0.2) is 12.2 Å². The molecule has 3 rings (SSSR count). The number of nitrogens with zero attached hydrogens (tertiary/aromatic N) is 1. The molecule has 0 spiro atoms. The summed E-state index contributed by atoms with van der Waals surface area (Å²) in [7, 11) is 0. The van der Waals surface area contributed by atoms with Crippen LogP contribution in [0.25, 0.3) is 0 Å². The predicted octanol–water partition coefficient (Wildman–Crippen LogP) is 3.08. The molecule has 2 bridgehead atoms. The number of hydrogen-bond donors (Lipinski definition) is 1. The third-order valence-corrected chi connectivity index (χ3v) is 6.04. The van der Waals surface area contributed by atoms with Crippen molar-refractivity contribution >= 4 is 11.9 Å². The van der Waals surface area contributed by atoms with E-state index in [4.69, 9.17) is 0 Å². The van der Waals surface area contributed by atoms with E-state index in [-0.39, 0.29) is 34.7 Å². The second-order valence-corrected chi connectivity index (χ2v) is 8.49. The van der Waals surface area contributed by atoms with Crippen molar-refractivity contribution in [1.29, 1.82) is 0 Å². The van der Waals surface area contributed by atoms with E-state index >= 15 is 0 Å². The van der Waals surface area contributed by atoms with E-state index < -0.39 is 11.9 Å². The molecule has 1 aliphatic heterocycles. The van der Waals surface area contributed by atoms with Gasteiger partial charge < -0.3 is 10.0 Å². The molecule has 1 N–H and O–H groups in total. The number of hydrogen-bond acceptors (Lipinski definition) is 2. The lowest BCUT2D eigenvalue weighted by Crippen LogP contribution is -2.63. The Labute approximate surface area is 132 Å². The van der Waals surface area contributed by atoms with Crippen molar-refractivity contribution in [2.75, 3.05) is 0 Å². The van der Waals surface area contributed by atoms with Crippen molar-refractivity contribution < 1.29 is 14.7 Å². The summed E-state index contributed by atoms with van der Waals surface area (Å²) in [4.78, 5) is 27.1. The number of aliphatic carboxylic acids is 1. The van der Waals surface area contributed by atoms with E-state index in [1.54, 1.807) is 0 Å². The molecule has 1 heterocycles. The Balaban J connectivity index is 1.95. The van der Waals surface area contributed by atoms with Crippen molar-refractivity contribution in [3.63, 3.8) is 0 Å². The number of fused-ring (bicyclic) bond motifs is 2. The second-order valence-electron chi connectivity index (χ2n) is 8.49. The smallest absolute Gasteiger partial charge is 0.307 e. The van der Waals surface area contributed by atoms with Crippen LogP contribution in [0.4, 0.5) is 0 Å². The first-order valence-corrected chi connectivity index (χ1v) is 8.40. The Bertz CT molecular complexity index is 518. The van der Waals surface area contributed by atoms with Crippen molar-refractivity contribution in [1.82, 2.24) is 4.90 Å². The normalized spacial score (nSPS) is 38.3. The Morgan fingerprint density at radius 3 is 2.00 bits per heavy atom. The summed E-state index contributed by atoms with van der Waals surface area (Å²) in [6.45, 7) is 8.46. The Hall–Kier alpha value is -1.32. The Morgan fingerprint density at radius 2 is 1.50 bits per heavy atom. The van der Waals surface area contributed by atoms with Gasteiger partial charge >= 0.3 is 5.97 Å². The lowest BCUT2D eigenvalue weighted by molar-refractivity contribution is -0.161. The van der Waals surface area contributed by atoms with E-state index in [0.717, 1.165) is 25.7 Å². The minimum Gasteiger partial charge on any atom is -0.481 e. The quantitative estimate of drug-likeness (QED) is 0.798. The molecule has 122 valence electrons. The molecule has 2 fully saturated rings. The number of likely N-dealkylation sites (tertiary alicyclic amines) is 1. The maximum atomic E-state index is 13.4. The average molecular weight is 305 g/mol. The topological polar surface area (TPSA) is 57.6 Å². The third-order valence-electron chi connectivity index (χ3n) is 6.04. The van der Waals surface area contributed by atoms with Crippen LogP contribution in [-0.2, 0) is 9.59 Å². The van der Waals surface area contributed by atoms with Gasteiger partial charge in [-0.15, -0.1) is 0 Å². The van der Waals surface area contributed by atoms with Gasteiger partial charge in [-0.25, -0.2) is 0 Å². The fourth-order valence-electron chi connectivity index (χ4n) is 5.24. The van der Waals surface area contributed by atoms with Gasteiger partial charge in [0.2, 0.25) is 5.91 Å². The lowest BCUT2D eigenvalue weighted by atomic mass is 9.75. The Kier molecular flexibility index (Phi) is 3.42. The van der Waals surface area contributed by atoms with E-state index in [1.165, 1.54) is 0 Å². The molecule has 1 saturated heterocycles. The van der Waals surface area contributed by atoms with Crippen molar-refractivity contribution in [2.24, 2.45) is 23.7 Å². The van der Waals surface area contributed by atoms with Gasteiger partial charge in [0.1, 0.15) is 0 Å². The average Bonchev–Trinajstić information content (AvgIpc) is 2.95.